The van der Waals surface area contributed by atoms with Gasteiger partial charge in [-0.25, -0.2) is 8.42 Å². The van der Waals surface area contributed by atoms with Crippen molar-refractivity contribution in [1.29, 1.82) is 0 Å². The number of carbonyl (C=O) groups is 1. The fourth-order valence-electron chi connectivity index (χ4n) is 0.710. The number of hydrogen-bond donors (Lipinski definition) is 1. The first-order valence-corrected chi connectivity index (χ1v) is 6.27. The molecule has 0 bridgehead atoms. The van der Waals surface area contributed by atoms with Crippen LogP contribution in [0.2, 0.25) is 0 Å². The Balaban J connectivity index is 3.70. The number of rotatable bonds is 8. The molecule has 0 radical (unpaired) electrons. The van der Waals surface area contributed by atoms with Crippen LogP contribution in [-0.2, 0) is 24.3 Å². The first-order chi connectivity index (χ1) is 7.02. The van der Waals surface area contributed by atoms with E-state index < -0.39 is 15.9 Å². The van der Waals surface area contributed by atoms with Gasteiger partial charge in [-0.2, -0.15) is 0 Å². The predicted octanol–water partition coefficient (Wildman–Crippen LogP) is -0.495. The molecule has 1 amide bonds. The monoisotopic (exact) mass is 239 g/mol. The van der Waals surface area contributed by atoms with Crippen molar-refractivity contribution in [2.24, 2.45) is 0 Å². The Morgan fingerprint density at radius 2 is 1.93 bits per heavy atom. The van der Waals surface area contributed by atoms with Crippen molar-refractivity contribution in [2.75, 3.05) is 32.7 Å². The summed E-state index contributed by atoms with van der Waals surface area (Å²) in [6.45, 7) is 2.39. The van der Waals surface area contributed by atoms with Crippen molar-refractivity contribution >= 4 is 15.9 Å². The second-order valence-corrected chi connectivity index (χ2v) is 4.64. The van der Waals surface area contributed by atoms with Crippen molar-refractivity contribution in [1.82, 2.24) is 4.72 Å². The van der Waals surface area contributed by atoms with Gasteiger partial charge in [0.25, 0.3) is 0 Å². The summed E-state index contributed by atoms with van der Waals surface area (Å²) in [7, 11) is -2.02. The summed E-state index contributed by atoms with van der Waals surface area (Å²) < 4.78 is 34.0. The fourth-order valence-corrected chi connectivity index (χ4v) is 1.64. The summed E-state index contributed by atoms with van der Waals surface area (Å²) in [4.78, 5) is 10.8. The average molecular weight is 239 g/mol. The third-order valence-corrected chi connectivity index (χ3v) is 2.76. The van der Waals surface area contributed by atoms with Gasteiger partial charge in [0.2, 0.25) is 15.9 Å². The molecule has 1 N–H and O–H groups in total. The maximum absolute atomic E-state index is 11.2. The molecular weight excluding hydrogens is 222 g/mol. The molecule has 0 aliphatic carbocycles. The maximum Gasteiger partial charge on any atom is 0.237 e. The van der Waals surface area contributed by atoms with Crippen LogP contribution < -0.4 is 4.72 Å². The van der Waals surface area contributed by atoms with Crippen LogP contribution in [0.25, 0.3) is 0 Å². The third-order valence-electron chi connectivity index (χ3n) is 1.52. The van der Waals surface area contributed by atoms with Crippen LogP contribution in [0.3, 0.4) is 0 Å². The average Bonchev–Trinajstić information content (AvgIpc) is 2.16. The van der Waals surface area contributed by atoms with Crippen molar-refractivity contribution < 1.29 is 22.7 Å². The van der Waals surface area contributed by atoms with Crippen molar-refractivity contribution in [3.8, 4) is 0 Å². The molecule has 90 valence electrons. The number of methoxy groups -OCH3 is 1. The van der Waals surface area contributed by atoms with E-state index in [1.807, 2.05) is 4.72 Å². The first-order valence-electron chi connectivity index (χ1n) is 4.62. The zero-order chi connectivity index (χ0) is 11.7. The molecule has 0 heterocycles. The molecule has 0 saturated carbocycles. The largest absolute Gasteiger partial charge is 0.382 e. The van der Waals surface area contributed by atoms with Gasteiger partial charge in [0.1, 0.15) is 0 Å². The minimum atomic E-state index is -3.55. The van der Waals surface area contributed by atoms with Crippen LogP contribution in [0.5, 0.6) is 0 Å². The van der Waals surface area contributed by atoms with E-state index in [2.05, 4.69) is 0 Å². The van der Waals surface area contributed by atoms with Gasteiger partial charge in [-0.15, -0.1) is 0 Å². The summed E-state index contributed by atoms with van der Waals surface area (Å²) >= 11 is 0. The lowest BCUT2D eigenvalue weighted by Crippen LogP contribution is -2.33. The van der Waals surface area contributed by atoms with E-state index in [4.69, 9.17) is 9.47 Å². The Bertz CT molecular complexity index is 275. The van der Waals surface area contributed by atoms with Crippen LogP contribution in [0.1, 0.15) is 13.3 Å². The Kier molecular flexibility index (Phi) is 7.27. The summed E-state index contributed by atoms with van der Waals surface area (Å²) in [5.74, 6) is -0.727. The number of ether oxygens (including phenoxy) is 2. The lowest BCUT2D eigenvalue weighted by molar-refractivity contribution is -0.119. The number of nitrogens with one attached hydrogen (secondary N) is 1. The van der Waals surface area contributed by atoms with E-state index in [9.17, 15) is 13.2 Å². The number of hydrogen-bond acceptors (Lipinski definition) is 5. The van der Waals surface area contributed by atoms with E-state index in [1.165, 1.54) is 7.11 Å². The third kappa shape index (κ3) is 8.34. The summed E-state index contributed by atoms with van der Waals surface area (Å²) in [6.07, 6.45) is 0.143. The smallest absolute Gasteiger partial charge is 0.237 e. The fraction of sp³-hybridized carbons (Fsp3) is 0.875. The quantitative estimate of drug-likeness (QED) is 0.578. The SMILES string of the molecule is CCC(=O)NS(=O)(=O)CCOCCOC. The number of amides is 1. The molecular formula is C8H17NO5S. The van der Waals surface area contributed by atoms with E-state index in [-0.39, 0.29) is 18.8 Å². The maximum atomic E-state index is 11.2. The van der Waals surface area contributed by atoms with Crippen molar-refractivity contribution in [3.05, 3.63) is 0 Å². The lowest BCUT2D eigenvalue weighted by Gasteiger charge is -2.06. The zero-order valence-corrected chi connectivity index (χ0v) is 9.80. The highest BCUT2D eigenvalue weighted by atomic mass is 32.2. The van der Waals surface area contributed by atoms with Gasteiger partial charge in [-0.05, 0) is 0 Å². The van der Waals surface area contributed by atoms with Crippen molar-refractivity contribution in [2.45, 2.75) is 13.3 Å². The second kappa shape index (κ2) is 7.61. The Morgan fingerprint density at radius 3 is 2.47 bits per heavy atom. The summed E-state index contributed by atoms with van der Waals surface area (Å²) in [5.41, 5.74) is 0. The normalized spacial score (nSPS) is 11.3. The van der Waals surface area contributed by atoms with E-state index in [0.29, 0.717) is 13.2 Å². The minimum absolute atomic E-state index is 0.0513. The van der Waals surface area contributed by atoms with Crippen LogP contribution >= 0.6 is 0 Å². The molecule has 0 fully saturated rings. The molecule has 7 heteroatoms. The lowest BCUT2D eigenvalue weighted by atomic mass is 10.5. The topological polar surface area (TPSA) is 81.7 Å². The Morgan fingerprint density at radius 1 is 1.27 bits per heavy atom. The van der Waals surface area contributed by atoms with Crippen LogP contribution in [0.4, 0.5) is 0 Å². The highest BCUT2D eigenvalue weighted by Crippen LogP contribution is 1.88. The zero-order valence-electron chi connectivity index (χ0n) is 8.99. The molecule has 0 aliphatic rings. The molecule has 0 aromatic heterocycles. The van der Waals surface area contributed by atoms with Gasteiger partial charge in [-0.3, -0.25) is 9.52 Å². The van der Waals surface area contributed by atoms with Gasteiger partial charge in [0, 0.05) is 13.5 Å². The van der Waals surface area contributed by atoms with Gasteiger partial charge >= 0.3 is 0 Å². The van der Waals surface area contributed by atoms with Gasteiger partial charge in [0.15, 0.2) is 0 Å². The van der Waals surface area contributed by atoms with E-state index >= 15 is 0 Å². The highest BCUT2D eigenvalue weighted by Gasteiger charge is 2.12. The molecule has 0 unspecified atom stereocenters. The van der Waals surface area contributed by atoms with E-state index in [1.54, 1.807) is 6.92 Å². The summed E-state index contributed by atoms with van der Waals surface area (Å²) in [5, 5.41) is 0. The molecule has 15 heavy (non-hydrogen) atoms. The van der Waals surface area contributed by atoms with E-state index in [0.717, 1.165) is 0 Å². The van der Waals surface area contributed by atoms with Crippen molar-refractivity contribution in [3.63, 3.8) is 0 Å². The Hall–Kier alpha value is -0.660. The highest BCUT2D eigenvalue weighted by molar-refractivity contribution is 7.90. The molecule has 0 aromatic rings. The first kappa shape index (κ1) is 14.3. The minimum Gasteiger partial charge on any atom is -0.382 e. The summed E-state index contributed by atoms with van der Waals surface area (Å²) in [6, 6.07) is 0. The standard InChI is InChI=1S/C8H17NO5S/c1-3-8(10)9-15(11,12)7-6-14-5-4-13-2/h3-7H2,1-2H3,(H,9,10). The molecule has 6 nitrogen and oxygen atoms in total. The molecule has 0 aromatic carbocycles. The predicted molar refractivity (Wildman–Crippen MR) is 54.9 cm³/mol. The molecule has 0 saturated heterocycles. The van der Waals surface area contributed by atoms with Crippen LogP contribution in [0, 0.1) is 0 Å². The molecule has 0 spiro atoms. The van der Waals surface area contributed by atoms with Gasteiger partial charge in [-0.1, -0.05) is 6.92 Å². The Labute approximate surface area is 90.0 Å². The second-order valence-electron chi connectivity index (χ2n) is 2.80. The van der Waals surface area contributed by atoms with Gasteiger partial charge in [0.05, 0.1) is 25.6 Å². The molecule has 0 rings (SSSR count). The van der Waals surface area contributed by atoms with Crippen LogP contribution in [0.15, 0.2) is 0 Å². The molecule has 0 aliphatic heterocycles. The van der Waals surface area contributed by atoms with Gasteiger partial charge < -0.3 is 9.47 Å². The number of carbonyl (C=O) groups excluding carboxylic acids is 1. The van der Waals surface area contributed by atoms with Crippen LogP contribution in [-0.4, -0.2) is 47.0 Å². The molecule has 0 atom stereocenters. The number of sulfonamides is 1.